The number of nitro groups is 1. The first-order valence-corrected chi connectivity index (χ1v) is 8.24. The number of hydrogen-bond acceptors (Lipinski definition) is 4. The Bertz CT molecular complexity index is 821. The zero-order valence-corrected chi connectivity index (χ0v) is 15.0. The number of carbonyl (C=O) groups is 1. The van der Waals surface area contributed by atoms with Crippen molar-refractivity contribution in [2.24, 2.45) is 0 Å². The Morgan fingerprint density at radius 3 is 2.52 bits per heavy atom. The van der Waals surface area contributed by atoms with E-state index in [2.05, 4.69) is 5.32 Å². The second-order valence-corrected chi connectivity index (χ2v) is 5.77. The normalized spacial score (nSPS) is 10.4. The van der Waals surface area contributed by atoms with Gasteiger partial charge in [0.15, 0.2) is 5.75 Å². The van der Waals surface area contributed by atoms with E-state index in [4.69, 9.17) is 16.3 Å². The van der Waals surface area contributed by atoms with E-state index < -0.39 is 10.8 Å². The summed E-state index contributed by atoms with van der Waals surface area (Å²) in [4.78, 5) is 23.2. The van der Waals surface area contributed by atoms with Gasteiger partial charge in [0.05, 0.1) is 12.0 Å². The van der Waals surface area contributed by atoms with Crippen LogP contribution < -0.4 is 10.1 Å². The molecule has 0 fully saturated rings. The van der Waals surface area contributed by atoms with Gasteiger partial charge in [0, 0.05) is 22.3 Å². The van der Waals surface area contributed by atoms with Crippen LogP contribution >= 0.6 is 11.6 Å². The lowest BCUT2D eigenvalue weighted by atomic mass is 10.0. The molecule has 0 saturated carbocycles. The van der Waals surface area contributed by atoms with Crippen molar-refractivity contribution >= 4 is 28.9 Å². The summed E-state index contributed by atoms with van der Waals surface area (Å²) in [5, 5.41) is 14.6. The number of carbonyl (C=O) groups excluding carboxylic acids is 1. The number of nitrogens with zero attached hydrogens (tertiary/aromatic N) is 1. The van der Waals surface area contributed by atoms with Gasteiger partial charge < -0.3 is 10.1 Å². The molecule has 0 atom stereocenters. The molecule has 0 heterocycles. The third kappa shape index (κ3) is 3.91. The van der Waals surface area contributed by atoms with Crippen LogP contribution in [0.15, 0.2) is 30.3 Å². The molecular weight excluding hydrogens is 344 g/mol. The van der Waals surface area contributed by atoms with Crippen LogP contribution in [0.25, 0.3) is 0 Å². The fourth-order valence-corrected chi connectivity index (χ4v) is 2.92. The van der Waals surface area contributed by atoms with Crippen LogP contribution in [-0.2, 0) is 12.8 Å². The molecule has 2 rings (SSSR count). The van der Waals surface area contributed by atoms with Crippen molar-refractivity contribution in [1.82, 2.24) is 0 Å². The molecule has 0 unspecified atom stereocenters. The molecule has 0 aromatic heterocycles. The van der Waals surface area contributed by atoms with Crippen LogP contribution in [0, 0.1) is 10.1 Å². The first-order valence-electron chi connectivity index (χ1n) is 7.86. The molecule has 1 N–H and O–H groups in total. The maximum Gasteiger partial charge on any atom is 0.311 e. The van der Waals surface area contributed by atoms with Gasteiger partial charge in [0.2, 0.25) is 0 Å². The number of rotatable bonds is 6. The first kappa shape index (κ1) is 18.7. The summed E-state index contributed by atoms with van der Waals surface area (Å²) in [6.07, 6.45) is 1.38. The monoisotopic (exact) mass is 362 g/mol. The summed E-state index contributed by atoms with van der Waals surface area (Å²) >= 11 is 6.24. The molecule has 0 aliphatic rings. The number of nitro benzene ring substituents is 1. The number of amides is 1. The lowest BCUT2D eigenvalue weighted by Crippen LogP contribution is -2.15. The van der Waals surface area contributed by atoms with Crippen molar-refractivity contribution in [2.45, 2.75) is 26.7 Å². The average molecular weight is 363 g/mol. The number of anilines is 1. The molecule has 2 aromatic carbocycles. The van der Waals surface area contributed by atoms with Crippen LogP contribution in [0.4, 0.5) is 11.4 Å². The fourth-order valence-electron chi connectivity index (χ4n) is 2.63. The zero-order valence-electron chi connectivity index (χ0n) is 14.3. The van der Waals surface area contributed by atoms with Crippen LogP contribution in [-0.4, -0.2) is 17.9 Å². The molecule has 2 aromatic rings. The predicted molar refractivity (Wildman–Crippen MR) is 97.8 cm³/mol. The molecular formula is C18H19ClN2O4. The summed E-state index contributed by atoms with van der Waals surface area (Å²) in [6, 6.07) is 7.78. The molecule has 7 heteroatoms. The predicted octanol–water partition coefficient (Wildman–Crippen LogP) is 4.63. The molecule has 0 aliphatic heterocycles. The zero-order chi connectivity index (χ0) is 18.6. The minimum atomic E-state index is -0.579. The molecule has 0 spiro atoms. The lowest BCUT2D eigenvalue weighted by molar-refractivity contribution is -0.385. The van der Waals surface area contributed by atoms with E-state index in [1.54, 1.807) is 0 Å². The van der Waals surface area contributed by atoms with E-state index >= 15 is 0 Å². The summed E-state index contributed by atoms with van der Waals surface area (Å²) in [5.41, 5.74) is 2.39. The molecule has 132 valence electrons. The van der Waals surface area contributed by atoms with Crippen molar-refractivity contribution in [2.75, 3.05) is 12.4 Å². The SMILES string of the molecule is CCc1ccc(Cl)c(CC)c1NC(=O)c1ccc(OC)c([N+](=O)[O-])c1. The van der Waals surface area contributed by atoms with Crippen molar-refractivity contribution in [1.29, 1.82) is 0 Å². The third-order valence-electron chi connectivity index (χ3n) is 3.95. The van der Waals surface area contributed by atoms with Crippen molar-refractivity contribution in [3.05, 3.63) is 62.2 Å². The number of ether oxygens (including phenoxy) is 1. The maximum atomic E-state index is 12.6. The number of aryl methyl sites for hydroxylation is 1. The van der Waals surface area contributed by atoms with Crippen LogP contribution in [0.1, 0.15) is 35.3 Å². The molecule has 0 radical (unpaired) electrons. The fraction of sp³-hybridized carbons (Fsp3) is 0.278. The Labute approximate surface area is 150 Å². The van der Waals surface area contributed by atoms with Gasteiger partial charge >= 0.3 is 5.69 Å². The Kier molecular flexibility index (Phi) is 5.98. The van der Waals surface area contributed by atoms with Crippen molar-refractivity contribution in [3.63, 3.8) is 0 Å². The Morgan fingerprint density at radius 2 is 1.96 bits per heavy atom. The summed E-state index contributed by atoms with van der Waals surface area (Å²) in [5.74, 6) is -0.329. The number of benzene rings is 2. The van der Waals surface area contributed by atoms with Gasteiger partial charge in [-0.3, -0.25) is 14.9 Å². The van der Waals surface area contributed by atoms with Crippen LogP contribution in [0.3, 0.4) is 0 Å². The van der Waals surface area contributed by atoms with E-state index in [0.29, 0.717) is 17.1 Å². The van der Waals surface area contributed by atoms with Crippen molar-refractivity contribution < 1.29 is 14.5 Å². The molecule has 0 aliphatic carbocycles. The maximum absolute atomic E-state index is 12.6. The topological polar surface area (TPSA) is 81.5 Å². The molecule has 0 saturated heterocycles. The smallest absolute Gasteiger partial charge is 0.311 e. The standard InChI is InChI=1S/C18H19ClN2O4/c1-4-11-6-8-14(19)13(5-2)17(11)20-18(22)12-7-9-16(25-3)15(10-12)21(23)24/h6-10H,4-5H2,1-3H3,(H,20,22). The van der Waals surface area contributed by atoms with E-state index in [1.165, 1.54) is 25.3 Å². The highest BCUT2D eigenvalue weighted by atomic mass is 35.5. The van der Waals surface area contributed by atoms with Gasteiger partial charge in [-0.15, -0.1) is 0 Å². The molecule has 0 bridgehead atoms. The van der Waals surface area contributed by atoms with Crippen LogP contribution in [0.5, 0.6) is 5.75 Å². The Hall–Kier alpha value is -2.60. The summed E-state index contributed by atoms with van der Waals surface area (Å²) < 4.78 is 4.96. The van der Waals surface area contributed by atoms with Gasteiger partial charge in [-0.05, 0) is 42.2 Å². The first-order chi connectivity index (χ1) is 11.9. The number of hydrogen-bond donors (Lipinski definition) is 1. The number of halogens is 1. The highest BCUT2D eigenvalue weighted by Crippen LogP contribution is 2.31. The number of methoxy groups -OCH3 is 1. The Balaban J connectivity index is 2.43. The van der Waals surface area contributed by atoms with Gasteiger partial charge in [-0.1, -0.05) is 31.5 Å². The van der Waals surface area contributed by atoms with E-state index in [-0.39, 0.29) is 17.0 Å². The summed E-state index contributed by atoms with van der Waals surface area (Å²) in [6.45, 7) is 3.94. The van der Waals surface area contributed by atoms with E-state index in [9.17, 15) is 14.9 Å². The summed E-state index contributed by atoms with van der Waals surface area (Å²) in [7, 11) is 1.34. The van der Waals surface area contributed by atoms with E-state index in [0.717, 1.165) is 17.5 Å². The van der Waals surface area contributed by atoms with Gasteiger partial charge in [-0.2, -0.15) is 0 Å². The molecule has 1 amide bonds. The minimum Gasteiger partial charge on any atom is -0.490 e. The van der Waals surface area contributed by atoms with Gasteiger partial charge in [-0.25, -0.2) is 0 Å². The average Bonchev–Trinajstić information content (AvgIpc) is 2.61. The second kappa shape index (κ2) is 7.98. The van der Waals surface area contributed by atoms with E-state index in [1.807, 2.05) is 26.0 Å². The number of nitrogens with one attached hydrogen (secondary N) is 1. The van der Waals surface area contributed by atoms with Gasteiger partial charge in [0.25, 0.3) is 5.91 Å². The molecule has 6 nitrogen and oxygen atoms in total. The lowest BCUT2D eigenvalue weighted by Gasteiger charge is -2.16. The highest BCUT2D eigenvalue weighted by Gasteiger charge is 2.20. The second-order valence-electron chi connectivity index (χ2n) is 5.37. The highest BCUT2D eigenvalue weighted by molar-refractivity contribution is 6.32. The minimum absolute atomic E-state index is 0.104. The third-order valence-corrected chi connectivity index (χ3v) is 4.31. The van der Waals surface area contributed by atoms with Crippen molar-refractivity contribution in [3.8, 4) is 5.75 Å². The Morgan fingerprint density at radius 1 is 1.24 bits per heavy atom. The van der Waals surface area contributed by atoms with Gasteiger partial charge in [0.1, 0.15) is 0 Å². The largest absolute Gasteiger partial charge is 0.490 e. The van der Waals surface area contributed by atoms with Crippen LogP contribution in [0.2, 0.25) is 5.02 Å². The quantitative estimate of drug-likeness (QED) is 0.599. The molecule has 25 heavy (non-hydrogen) atoms.